The van der Waals surface area contributed by atoms with E-state index in [0.717, 1.165) is 0 Å². The molecule has 1 aliphatic rings. The van der Waals surface area contributed by atoms with Crippen LogP contribution in [0.2, 0.25) is 0 Å². The van der Waals surface area contributed by atoms with Crippen molar-refractivity contribution in [2.24, 2.45) is 0 Å². The summed E-state index contributed by atoms with van der Waals surface area (Å²) in [6, 6.07) is 0. The highest BCUT2D eigenvalue weighted by molar-refractivity contribution is 5.87. The average molecular weight is 286 g/mol. The second-order valence-electron chi connectivity index (χ2n) is 5.31. The van der Waals surface area contributed by atoms with Crippen LogP contribution < -0.4 is 0 Å². The molecule has 1 fully saturated rings. The normalized spacial score (nSPS) is 20.0. The Morgan fingerprint density at radius 1 is 1.25 bits per heavy atom. The topological polar surface area (TPSA) is 71.1 Å². The van der Waals surface area contributed by atoms with Gasteiger partial charge < -0.3 is 18.9 Å². The first kappa shape index (κ1) is 16.7. The van der Waals surface area contributed by atoms with Crippen LogP contribution in [0.3, 0.4) is 0 Å². The zero-order chi connectivity index (χ0) is 15.4. The van der Waals surface area contributed by atoms with Crippen molar-refractivity contribution in [2.45, 2.75) is 45.5 Å². The highest BCUT2D eigenvalue weighted by atomic mass is 16.7. The van der Waals surface area contributed by atoms with Crippen molar-refractivity contribution in [3.8, 4) is 0 Å². The smallest absolute Gasteiger partial charge is 0.333 e. The van der Waals surface area contributed by atoms with E-state index < -0.39 is 23.3 Å². The van der Waals surface area contributed by atoms with Crippen molar-refractivity contribution in [1.82, 2.24) is 0 Å². The predicted octanol–water partition coefficient (Wildman–Crippen LogP) is 1.58. The van der Waals surface area contributed by atoms with E-state index in [2.05, 4.69) is 6.58 Å². The first-order chi connectivity index (χ1) is 9.20. The van der Waals surface area contributed by atoms with Crippen LogP contribution in [0.4, 0.5) is 0 Å². The van der Waals surface area contributed by atoms with E-state index in [9.17, 15) is 9.59 Å². The molecule has 0 radical (unpaired) electrons. The van der Waals surface area contributed by atoms with Crippen molar-refractivity contribution in [2.75, 3.05) is 19.8 Å². The molecule has 0 aromatic rings. The molecule has 0 N–H and O–H groups in total. The first-order valence-corrected chi connectivity index (χ1v) is 6.52. The van der Waals surface area contributed by atoms with Crippen LogP contribution in [-0.2, 0) is 28.5 Å². The molecule has 0 aromatic carbocycles. The fourth-order valence-corrected chi connectivity index (χ4v) is 1.65. The largest absolute Gasteiger partial charge is 0.466 e. The molecule has 0 saturated carbocycles. The number of rotatable bonds is 5. The monoisotopic (exact) mass is 286 g/mol. The first-order valence-electron chi connectivity index (χ1n) is 6.52. The molecule has 0 aromatic heterocycles. The third-order valence-electron chi connectivity index (χ3n) is 2.80. The second-order valence-corrected chi connectivity index (χ2v) is 5.31. The molecule has 1 rings (SSSR count). The van der Waals surface area contributed by atoms with Crippen LogP contribution in [0.15, 0.2) is 12.2 Å². The average Bonchev–Trinajstić information content (AvgIpc) is 2.33. The molecular formula is C14H22O6. The third kappa shape index (κ3) is 4.61. The minimum atomic E-state index is -1.17. The van der Waals surface area contributed by atoms with Crippen LogP contribution in [-0.4, -0.2) is 43.1 Å². The summed E-state index contributed by atoms with van der Waals surface area (Å²) in [5.74, 6) is -1.82. The van der Waals surface area contributed by atoms with Crippen molar-refractivity contribution in [1.29, 1.82) is 0 Å². The van der Waals surface area contributed by atoms with Gasteiger partial charge in [-0.05, 0) is 27.7 Å². The second kappa shape index (κ2) is 6.37. The molecule has 0 atom stereocenters. The number of carbonyl (C=O) groups is 2. The van der Waals surface area contributed by atoms with Gasteiger partial charge in [0.15, 0.2) is 11.4 Å². The molecule has 0 amide bonds. The summed E-state index contributed by atoms with van der Waals surface area (Å²) in [5, 5.41) is 0. The highest BCUT2D eigenvalue weighted by Crippen LogP contribution is 2.29. The third-order valence-corrected chi connectivity index (χ3v) is 2.80. The van der Waals surface area contributed by atoms with Gasteiger partial charge in [-0.2, -0.15) is 0 Å². The van der Waals surface area contributed by atoms with Crippen LogP contribution in [0.5, 0.6) is 0 Å². The van der Waals surface area contributed by atoms with E-state index in [1.807, 2.05) is 0 Å². The maximum absolute atomic E-state index is 11.7. The molecule has 114 valence electrons. The molecule has 0 unspecified atom stereocenters. The van der Waals surface area contributed by atoms with E-state index >= 15 is 0 Å². The lowest BCUT2D eigenvalue weighted by molar-refractivity contribution is -0.304. The zero-order valence-corrected chi connectivity index (χ0v) is 12.5. The van der Waals surface area contributed by atoms with Crippen molar-refractivity contribution >= 4 is 11.9 Å². The summed E-state index contributed by atoms with van der Waals surface area (Å²) >= 11 is 0. The Kier molecular flexibility index (Phi) is 5.30. The minimum absolute atomic E-state index is 0.0673. The van der Waals surface area contributed by atoms with Gasteiger partial charge in [0.25, 0.3) is 0 Å². The lowest BCUT2D eigenvalue weighted by atomic mass is 10.00. The lowest BCUT2D eigenvalue weighted by Crippen LogP contribution is -2.54. The van der Waals surface area contributed by atoms with Gasteiger partial charge >= 0.3 is 11.9 Å². The molecule has 1 heterocycles. The molecule has 0 bridgehead atoms. The number of ether oxygens (including phenoxy) is 4. The Bertz CT molecular complexity index is 388. The van der Waals surface area contributed by atoms with Gasteiger partial charge in [0, 0.05) is 5.57 Å². The van der Waals surface area contributed by atoms with Gasteiger partial charge in [-0.3, -0.25) is 4.79 Å². The van der Waals surface area contributed by atoms with E-state index in [-0.39, 0.29) is 31.8 Å². The number of esters is 2. The fourth-order valence-electron chi connectivity index (χ4n) is 1.65. The van der Waals surface area contributed by atoms with Crippen molar-refractivity contribution in [3.63, 3.8) is 0 Å². The van der Waals surface area contributed by atoms with E-state index in [4.69, 9.17) is 18.9 Å². The van der Waals surface area contributed by atoms with Crippen LogP contribution in [0.25, 0.3) is 0 Å². The molecule has 0 spiro atoms. The van der Waals surface area contributed by atoms with Crippen molar-refractivity contribution < 1.29 is 28.5 Å². The number of carbonyl (C=O) groups excluding carboxylic acids is 2. The van der Waals surface area contributed by atoms with Crippen LogP contribution in [0.1, 0.15) is 34.1 Å². The Labute approximate surface area is 119 Å². The Balaban J connectivity index is 2.81. The summed E-state index contributed by atoms with van der Waals surface area (Å²) in [6.45, 7) is 10.7. The summed E-state index contributed by atoms with van der Waals surface area (Å²) in [7, 11) is 0. The Hall–Kier alpha value is -1.40. The van der Waals surface area contributed by atoms with Gasteiger partial charge in [-0.25, -0.2) is 4.79 Å². The van der Waals surface area contributed by atoms with Gasteiger partial charge in [0.05, 0.1) is 26.2 Å². The van der Waals surface area contributed by atoms with Gasteiger partial charge in [0.2, 0.25) is 0 Å². The highest BCUT2D eigenvalue weighted by Gasteiger charge is 2.45. The quantitative estimate of drug-likeness (QED) is 0.564. The Morgan fingerprint density at radius 2 is 1.80 bits per heavy atom. The van der Waals surface area contributed by atoms with Crippen LogP contribution in [0, 0.1) is 0 Å². The van der Waals surface area contributed by atoms with Gasteiger partial charge in [-0.1, -0.05) is 6.58 Å². The van der Waals surface area contributed by atoms with E-state index in [1.165, 1.54) is 6.92 Å². The van der Waals surface area contributed by atoms with E-state index in [0.29, 0.717) is 0 Å². The van der Waals surface area contributed by atoms with E-state index in [1.54, 1.807) is 20.8 Å². The van der Waals surface area contributed by atoms with Gasteiger partial charge in [0.1, 0.15) is 0 Å². The molecular weight excluding hydrogens is 264 g/mol. The summed E-state index contributed by atoms with van der Waals surface area (Å²) in [4.78, 5) is 23.4. The molecule has 0 aliphatic carbocycles. The number of hydrogen-bond acceptors (Lipinski definition) is 6. The zero-order valence-electron chi connectivity index (χ0n) is 12.5. The fraction of sp³-hybridized carbons (Fsp3) is 0.714. The molecule has 6 heteroatoms. The summed E-state index contributed by atoms with van der Waals surface area (Å²) in [5.41, 5.74) is -0.921. The maximum Gasteiger partial charge on any atom is 0.333 e. The molecule has 1 saturated heterocycles. The molecule has 6 nitrogen and oxygen atoms in total. The number of hydrogen-bond donors (Lipinski definition) is 0. The molecule has 20 heavy (non-hydrogen) atoms. The Morgan fingerprint density at radius 3 is 2.25 bits per heavy atom. The standard InChI is InChI=1S/C14H22O6/c1-6-17-11(15)7-14(20-12(16)10(2)3)8-18-13(4,5)19-9-14/h2,6-9H2,1,3-5H3. The maximum atomic E-state index is 11.7. The minimum Gasteiger partial charge on any atom is -0.466 e. The summed E-state index contributed by atoms with van der Waals surface area (Å²) in [6.07, 6.45) is -0.115. The lowest BCUT2D eigenvalue weighted by Gasteiger charge is -2.42. The van der Waals surface area contributed by atoms with Crippen molar-refractivity contribution in [3.05, 3.63) is 12.2 Å². The summed E-state index contributed by atoms with van der Waals surface area (Å²) < 4.78 is 21.3. The van der Waals surface area contributed by atoms with Crippen LogP contribution >= 0.6 is 0 Å². The van der Waals surface area contributed by atoms with Gasteiger partial charge in [-0.15, -0.1) is 0 Å². The predicted molar refractivity (Wildman–Crippen MR) is 70.9 cm³/mol. The molecule has 1 aliphatic heterocycles. The SMILES string of the molecule is C=C(C)C(=O)OC1(CC(=O)OCC)COC(C)(C)OC1.